The van der Waals surface area contributed by atoms with Gasteiger partial charge in [0.25, 0.3) is 0 Å². The number of carboxylic acid groups (broad SMARTS) is 1. The van der Waals surface area contributed by atoms with Crippen LogP contribution in [-0.2, 0) is 6.54 Å². The van der Waals surface area contributed by atoms with Crippen LogP contribution >= 0.6 is 0 Å². The molecule has 0 fully saturated rings. The highest BCUT2D eigenvalue weighted by Crippen LogP contribution is 2.11. The maximum Gasteiger partial charge on any atom is 0.335 e. The van der Waals surface area contributed by atoms with Gasteiger partial charge in [-0.3, -0.25) is 0 Å². The minimum atomic E-state index is -0.981. The molecule has 20 heavy (non-hydrogen) atoms. The SMILES string of the molecule is CN(C(=O)NCc1ccc(C(=O)O)cc1)C(C)(C)CO. The van der Waals surface area contributed by atoms with Crippen molar-refractivity contribution in [3.63, 3.8) is 0 Å². The number of carbonyl (C=O) groups excluding carboxylic acids is 1. The van der Waals surface area contributed by atoms with Crippen molar-refractivity contribution in [3.05, 3.63) is 35.4 Å². The lowest BCUT2D eigenvalue weighted by Crippen LogP contribution is -2.51. The summed E-state index contributed by atoms with van der Waals surface area (Å²) in [5.74, 6) is -0.981. The number of nitrogens with one attached hydrogen (secondary N) is 1. The highest BCUT2D eigenvalue weighted by Gasteiger charge is 2.26. The predicted octanol–water partition coefficient (Wildman–Crippen LogP) is 1.30. The Morgan fingerprint density at radius 3 is 2.25 bits per heavy atom. The second-order valence-electron chi connectivity index (χ2n) is 5.19. The quantitative estimate of drug-likeness (QED) is 0.758. The number of amides is 2. The summed E-state index contributed by atoms with van der Waals surface area (Å²) >= 11 is 0. The number of aromatic carboxylic acids is 1. The van der Waals surface area contributed by atoms with Crippen molar-refractivity contribution in [1.82, 2.24) is 10.2 Å². The zero-order valence-corrected chi connectivity index (χ0v) is 11.9. The molecule has 0 saturated carbocycles. The van der Waals surface area contributed by atoms with E-state index in [1.807, 2.05) is 0 Å². The van der Waals surface area contributed by atoms with E-state index in [0.717, 1.165) is 5.56 Å². The molecule has 2 amide bonds. The Kier molecular flexibility index (Phi) is 5.10. The molecule has 6 heteroatoms. The number of likely N-dealkylation sites (N-methyl/N-ethyl adjacent to an activating group) is 1. The molecule has 0 aliphatic rings. The van der Waals surface area contributed by atoms with Gasteiger partial charge in [0.2, 0.25) is 0 Å². The third kappa shape index (κ3) is 3.96. The fourth-order valence-corrected chi connectivity index (χ4v) is 1.44. The molecule has 0 aliphatic carbocycles. The highest BCUT2D eigenvalue weighted by molar-refractivity contribution is 5.87. The number of urea groups is 1. The van der Waals surface area contributed by atoms with Gasteiger partial charge < -0.3 is 20.4 Å². The number of rotatable bonds is 5. The number of nitrogens with zero attached hydrogens (tertiary/aromatic N) is 1. The number of benzene rings is 1. The van der Waals surface area contributed by atoms with E-state index in [9.17, 15) is 14.7 Å². The molecule has 1 aromatic rings. The fourth-order valence-electron chi connectivity index (χ4n) is 1.44. The smallest absolute Gasteiger partial charge is 0.335 e. The van der Waals surface area contributed by atoms with Gasteiger partial charge in [0, 0.05) is 13.6 Å². The maximum absolute atomic E-state index is 11.9. The number of aliphatic hydroxyl groups is 1. The third-order valence-corrected chi connectivity index (χ3v) is 3.24. The van der Waals surface area contributed by atoms with Gasteiger partial charge in [-0.25, -0.2) is 9.59 Å². The van der Waals surface area contributed by atoms with Gasteiger partial charge in [-0.1, -0.05) is 12.1 Å². The van der Waals surface area contributed by atoms with Gasteiger partial charge in [0.15, 0.2) is 0 Å². The average Bonchev–Trinajstić information content (AvgIpc) is 2.44. The summed E-state index contributed by atoms with van der Waals surface area (Å²) in [5, 5.41) is 20.7. The number of hydrogen-bond donors (Lipinski definition) is 3. The van der Waals surface area contributed by atoms with E-state index >= 15 is 0 Å². The Bertz CT molecular complexity index is 482. The highest BCUT2D eigenvalue weighted by atomic mass is 16.4. The number of hydrogen-bond acceptors (Lipinski definition) is 3. The summed E-state index contributed by atoms with van der Waals surface area (Å²) in [5.41, 5.74) is 0.370. The number of aliphatic hydroxyl groups excluding tert-OH is 1. The van der Waals surface area contributed by atoms with Crippen molar-refractivity contribution in [2.45, 2.75) is 25.9 Å². The Labute approximate surface area is 118 Å². The summed E-state index contributed by atoms with van der Waals surface area (Å²) < 4.78 is 0. The lowest BCUT2D eigenvalue weighted by atomic mass is 10.1. The van der Waals surface area contributed by atoms with Crippen molar-refractivity contribution < 1.29 is 19.8 Å². The van der Waals surface area contributed by atoms with Gasteiger partial charge in [0.05, 0.1) is 17.7 Å². The first-order valence-corrected chi connectivity index (χ1v) is 6.22. The lowest BCUT2D eigenvalue weighted by molar-refractivity contribution is 0.0696. The Hall–Kier alpha value is -2.08. The van der Waals surface area contributed by atoms with Crippen LogP contribution < -0.4 is 5.32 Å². The molecular weight excluding hydrogens is 260 g/mol. The molecule has 0 unspecified atom stereocenters. The van der Waals surface area contributed by atoms with Crippen molar-refractivity contribution in [1.29, 1.82) is 0 Å². The van der Waals surface area contributed by atoms with Gasteiger partial charge in [-0.2, -0.15) is 0 Å². The first-order valence-electron chi connectivity index (χ1n) is 6.22. The Balaban J connectivity index is 2.59. The maximum atomic E-state index is 11.9. The zero-order valence-electron chi connectivity index (χ0n) is 11.9. The van der Waals surface area contributed by atoms with Crippen LogP contribution in [-0.4, -0.2) is 46.3 Å². The molecule has 0 saturated heterocycles. The minimum absolute atomic E-state index is 0.135. The van der Waals surface area contributed by atoms with Gasteiger partial charge >= 0.3 is 12.0 Å². The minimum Gasteiger partial charge on any atom is -0.478 e. The monoisotopic (exact) mass is 280 g/mol. The third-order valence-electron chi connectivity index (χ3n) is 3.24. The molecule has 110 valence electrons. The summed E-state index contributed by atoms with van der Waals surface area (Å²) in [4.78, 5) is 24.0. The predicted molar refractivity (Wildman–Crippen MR) is 74.6 cm³/mol. The molecule has 6 nitrogen and oxygen atoms in total. The normalized spacial score (nSPS) is 11.0. The molecule has 0 bridgehead atoms. The lowest BCUT2D eigenvalue weighted by Gasteiger charge is -2.33. The summed E-state index contributed by atoms with van der Waals surface area (Å²) in [6, 6.07) is 5.99. The number of carbonyl (C=O) groups is 2. The van der Waals surface area contributed by atoms with Crippen LogP contribution in [0.3, 0.4) is 0 Å². The Morgan fingerprint density at radius 2 is 1.80 bits per heavy atom. The van der Waals surface area contributed by atoms with E-state index in [-0.39, 0.29) is 18.2 Å². The van der Waals surface area contributed by atoms with E-state index < -0.39 is 11.5 Å². The second kappa shape index (κ2) is 6.38. The van der Waals surface area contributed by atoms with Crippen molar-refractivity contribution >= 4 is 12.0 Å². The summed E-state index contributed by atoms with van der Waals surface area (Å²) in [6.07, 6.45) is 0. The molecular formula is C14H20N2O4. The van der Waals surface area contributed by atoms with Crippen LogP contribution in [0.25, 0.3) is 0 Å². The van der Waals surface area contributed by atoms with Crippen LogP contribution in [0.15, 0.2) is 24.3 Å². The molecule has 1 aromatic carbocycles. The van der Waals surface area contributed by atoms with E-state index in [2.05, 4.69) is 5.32 Å². The van der Waals surface area contributed by atoms with E-state index in [1.165, 1.54) is 17.0 Å². The van der Waals surface area contributed by atoms with Crippen molar-refractivity contribution in [3.8, 4) is 0 Å². The standard InChI is InChI=1S/C14H20N2O4/c1-14(2,9-17)16(3)13(20)15-8-10-4-6-11(7-5-10)12(18)19/h4-7,17H,8-9H2,1-3H3,(H,15,20)(H,18,19). The molecule has 3 N–H and O–H groups in total. The molecule has 0 aromatic heterocycles. The fraction of sp³-hybridized carbons (Fsp3) is 0.429. The van der Waals surface area contributed by atoms with E-state index in [4.69, 9.17) is 5.11 Å². The number of carboxylic acids is 1. The van der Waals surface area contributed by atoms with Crippen molar-refractivity contribution in [2.24, 2.45) is 0 Å². The van der Waals surface area contributed by atoms with E-state index in [0.29, 0.717) is 6.54 Å². The zero-order chi connectivity index (χ0) is 15.3. The topological polar surface area (TPSA) is 89.9 Å². The van der Waals surface area contributed by atoms with E-state index in [1.54, 1.807) is 33.0 Å². The molecule has 1 rings (SSSR count). The van der Waals surface area contributed by atoms with Gasteiger partial charge in [-0.05, 0) is 31.5 Å². The molecule has 0 heterocycles. The second-order valence-corrected chi connectivity index (χ2v) is 5.19. The largest absolute Gasteiger partial charge is 0.478 e. The summed E-state index contributed by atoms with van der Waals surface area (Å²) in [7, 11) is 1.61. The first kappa shape index (κ1) is 16.0. The van der Waals surface area contributed by atoms with Crippen LogP contribution in [0.4, 0.5) is 4.79 Å². The van der Waals surface area contributed by atoms with Gasteiger partial charge in [-0.15, -0.1) is 0 Å². The Morgan fingerprint density at radius 1 is 1.25 bits per heavy atom. The molecule has 0 aliphatic heterocycles. The molecule has 0 atom stereocenters. The summed E-state index contributed by atoms with van der Waals surface area (Å²) in [6.45, 7) is 3.68. The van der Waals surface area contributed by atoms with Crippen LogP contribution in [0.5, 0.6) is 0 Å². The van der Waals surface area contributed by atoms with Crippen LogP contribution in [0, 0.1) is 0 Å². The first-order chi connectivity index (χ1) is 9.27. The molecule has 0 radical (unpaired) electrons. The van der Waals surface area contributed by atoms with Crippen molar-refractivity contribution in [2.75, 3.05) is 13.7 Å². The molecule has 0 spiro atoms. The van der Waals surface area contributed by atoms with Gasteiger partial charge in [0.1, 0.15) is 0 Å². The average molecular weight is 280 g/mol. The van der Waals surface area contributed by atoms with Crippen LogP contribution in [0.2, 0.25) is 0 Å². The van der Waals surface area contributed by atoms with Crippen LogP contribution in [0.1, 0.15) is 29.8 Å².